The Balaban J connectivity index is 1.78. The number of thioether (sulfide) groups is 1. The van der Waals surface area contributed by atoms with E-state index in [0.29, 0.717) is 5.75 Å². The minimum absolute atomic E-state index is 0.463. The van der Waals surface area contributed by atoms with Gasteiger partial charge in [-0.1, -0.05) is 54.3 Å². The number of aliphatic hydroxyl groups excluding tert-OH is 1. The molecule has 0 aromatic heterocycles. The molecule has 1 aliphatic rings. The van der Waals surface area contributed by atoms with E-state index in [-0.39, 0.29) is 0 Å². The molecular weight excluding hydrogens is 266 g/mol. The highest BCUT2D eigenvalue weighted by Crippen LogP contribution is 2.20. The van der Waals surface area contributed by atoms with E-state index in [1.165, 1.54) is 11.8 Å². The van der Waals surface area contributed by atoms with Crippen LogP contribution >= 0.6 is 24.0 Å². The number of ether oxygens (including phenoxy) is 1. The first-order chi connectivity index (χ1) is 8.77. The quantitative estimate of drug-likeness (QED) is 0.859. The Bertz CT molecular complexity index is 380. The van der Waals surface area contributed by atoms with Crippen LogP contribution in [0, 0.1) is 0 Å². The van der Waals surface area contributed by atoms with Gasteiger partial charge in [0.1, 0.15) is 4.32 Å². The monoisotopic (exact) mass is 283 g/mol. The number of aliphatic hydroxyl groups is 1. The maximum atomic E-state index is 10.0. The van der Waals surface area contributed by atoms with Crippen LogP contribution in [0.5, 0.6) is 0 Å². The highest BCUT2D eigenvalue weighted by molar-refractivity contribution is 8.22. The molecule has 1 aromatic carbocycles. The molecule has 0 amide bonds. The largest absolute Gasteiger partial charge is 0.388 e. The second-order valence-corrected chi connectivity index (χ2v) is 5.76. The number of rotatable bonds is 3. The van der Waals surface area contributed by atoms with Crippen molar-refractivity contribution < 1.29 is 9.84 Å². The Labute approximate surface area is 117 Å². The van der Waals surface area contributed by atoms with Crippen LogP contribution < -0.4 is 0 Å². The number of morpholine rings is 1. The average molecular weight is 283 g/mol. The zero-order chi connectivity index (χ0) is 12.8. The third kappa shape index (κ3) is 3.95. The van der Waals surface area contributed by atoms with Crippen LogP contribution in [0.15, 0.2) is 30.3 Å². The molecule has 1 heterocycles. The van der Waals surface area contributed by atoms with E-state index in [4.69, 9.17) is 17.0 Å². The van der Waals surface area contributed by atoms with Gasteiger partial charge in [0.2, 0.25) is 0 Å². The van der Waals surface area contributed by atoms with Gasteiger partial charge in [-0.15, -0.1) is 0 Å². The summed E-state index contributed by atoms with van der Waals surface area (Å²) in [4.78, 5) is 2.14. The zero-order valence-electron chi connectivity index (χ0n) is 10.1. The number of hydrogen-bond acceptors (Lipinski definition) is 4. The summed E-state index contributed by atoms with van der Waals surface area (Å²) in [6.07, 6.45) is -0.463. The van der Waals surface area contributed by atoms with Gasteiger partial charge in [0, 0.05) is 18.8 Å². The van der Waals surface area contributed by atoms with Crippen molar-refractivity contribution in [3.63, 3.8) is 0 Å². The first-order valence-electron chi connectivity index (χ1n) is 6.00. The van der Waals surface area contributed by atoms with Crippen LogP contribution in [-0.2, 0) is 4.74 Å². The van der Waals surface area contributed by atoms with Crippen molar-refractivity contribution in [2.45, 2.75) is 6.10 Å². The minimum Gasteiger partial charge on any atom is -0.388 e. The van der Waals surface area contributed by atoms with Crippen molar-refractivity contribution in [3.05, 3.63) is 35.9 Å². The Morgan fingerprint density at radius 1 is 1.33 bits per heavy atom. The van der Waals surface area contributed by atoms with Gasteiger partial charge < -0.3 is 14.7 Å². The van der Waals surface area contributed by atoms with E-state index in [2.05, 4.69) is 4.90 Å². The van der Waals surface area contributed by atoms with E-state index in [0.717, 1.165) is 36.2 Å². The van der Waals surface area contributed by atoms with Crippen molar-refractivity contribution in [3.8, 4) is 0 Å². The Hall–Kier alpha value is -0.620. The molecule has 1 saturated heterocycles. The Kier molecular flexibility index (Phi) is 5.44. The fourth-order valence-corrected chi connectivity index (χ4v) is 3.00. The van der Waals surface area contributed by atoms with E-state index < -0.39 is 6.10 Å². The first kappa shape index (κ1) is 13.8. The van der Waals surface area contributed by atoms with E-state index in [1.54, 1.807) is 0 Å². The molecule has 1 atom stereocenters. The predicted octanol–water partition coefficient (Wildman–Crippen LogP) is 2.07. The topological polar surface area (TPSA) is 32.7 Å². The molecule has 0 spiro atoms. The van der Waals surface area contributed by atoms with Crippen molar-refractivity contribution in [1.29, 1.82) is 0 Å². The summed E-state index contributed by atoms with van der Waals surface area (Å²) in [5.74, 6) is 0.597. The lowest BCUT2D eigenvalue weighted by molar-refractivity contribution is 0.0702. The molecule has 0 aliphatic carbocycles. The second-order valence-electron chi connectivity index (χ2n) is 4.10. The third-order valence-corrected chi connectivity index (χ3v) is 4.42. The zero-order valence-corrected chi connectivity index (χ0v) is 11.8. The standard InChI is InChI=1S/C13H17NO2S2/c15-12(11-4-2-1-3-5-11)10-18-13(17)14-6-8-16-9-7-14/h1-5,12,15H,6-10H2. The number of thiocarbonyl (C=S) groups is 1. The molecule has 1 unspecified atom stereocenters. The van der Waals surface area contributed by atoms with Crippen LogP contribution in [0.25, 0.3) is 0 Å². The summed E-state index contributed by atoms with van der Waals surface area (Å²) in [5.41, 5.74) is 0.940. The van der Waals surface area contributed by atoms with Crippen LogP contribution in [0.3, 0.4) is 0 Å². The molecular formula is C13H17NO2S2. The molecule has 18 heavy (non-hydrogen) atoms. The summed E-state index contributed by atoms with van der Waals surface area (Å²) in [6, 6.07) is 9.68. The molecule has 0 bridgehead atoms. The third-order valence-electron chi connectivity index (χ3n) is 2.82. The van der Waals surface area contributed by atoms with Crippen LogP contribution in [0.4, 0.5) is 0 Å². The highest BCUT2D eigenvalue weighted by Gasteiger charge is 2.16. The number of benzene rings is 1. The molecule has 1 N–H and O–H groups in total. The lowest BCUT2D eigenvalue weighted by atomic mass is 10.1. The average Bonchev–Trinajstić information content (AvgIpc) is 2.46. The van der Waals surface area contributed by atoms with E-state index >= 15 is 0 Å². The van der Waals surface area contributed by atoms with E-state index in [9.17, 15) is 5.11 Å². The van der Waals surface area contributed by atoms with Crippen molar-refractivity contribution >= 4 is 28.3 Å². The maximum absolute atomic E-state index is 10.0. The van der Waals surface area contributed by atoms with Gasteiger partial charge in [-0.3, -0.25) is 0 Å². The van der Waals surface area contributed by atoms with Crippen LogP contribution in [0.1, 0.15) is 11.7 Å². The summed E-state index contributed by atoms with van der Waals surface area (Å²) in [7, 11) is 0. The first-order valence-corrected chi connectivity index (χ1v) is 7.39. The summed E-state index contributed by atoms with van der Waals surface area (Å²) < 4.78 is 6.14. The summed E-state index contributed by atoms with van der Waals surface area (Å²) in [6.45, 7) is 3.18. The number of nitrogens with zero attached hydrogens (tertiary/aromatic N) is 1. The van der Waals surface area contributed by atoms with Gasteiger partial charge in [-0.25, -0.2) is 0 Å². The lowest BCUT2D eigenvalue weighted by Crippen LogP contribution is -2.38. The Morgan fingerprint density at radius 3 is 2.67 bits per heavy atom. The van der Waals surface area contributed by atoms with Gasteiger partial charge >= 0.3 is 0 Å². The van der Waals surface area contributed by atoms with Gasteiger partial charge in [0.15, 0.2) is 0 Å². The second kappa shape index (κ2) is 7.09. The van der Waals surface area contributed by atoms with Crippen molar-refractivity contribution in [2.24, 2.45) is 0 Å². The normalized spacial score (nSPS) is 17.5. The van der Waals surface area contributed by atoms with Gasteiger partial charge in [0.25, 0.3) is 0 Å². The van der Waals surface area contributed by atoms with Gasteiger partial charge in [-0.05, 0) is 5.56 Å². The lowest BCUT2D eigenvalue weighted by Gasteiger charge is -2.28. The molecule has 1 aliphatic heterocycles. The van der Waals surface area contributed by atoms with Crippen LogP contribution in [-0.4, -0.2) is 46.4 Å². The number of hydrogen-bond donors (Lipinski definition) is 1. The minimum atomic E-state index is -0.463. The fourth-order valence-electron chi connectivity index (χ4n) is 1.76. The van der Waals surface area contributed by atoms with E-state index in [1.807, 2.05) is 30.3 Å². The molecule has 3 nitrogen and oxygen atoms in total. The molecule has 2 rings (SSSR count). The highest BCUT2D eigenvalue weighted by atomic mass is 32.2. The Morgan fingerprint density at radius 2 is 2.00 bits per heavy atom. The predicted molar refractivity (Wildman–Crippen MR) is 78.8 cm³/mol. The van der Waals surface area contributed by atoms with Gasteiger partial charge in [0.05, 0.1) is 19.3 Å². The SMILES string of the molecule is OC(CSC(=S)N1CCOCC1)c1ccccc1. The van der Waals surface area contributed by atoms with Gasteiger partial charge in [-0.2, -0.15) is 0 Å². The molecule has 1 fully saturated rings. The van der Waals surface area contributed by atoms with Crippen molar-refractivity contribution in [2.75, 3.05) is 32.1 Å². The van der Waals surface area contributed by atoms with Crippen molar-refractivity contribution in [1.82, 2.24) is 4.90 Å². The summed E-state index contributed by atoms with van der Waals surface area (Å²) >= 11 is 6.90. The fraction of sp³-hybridized carbons (Fsp3) is 0.462. The smallest absolute Gasteiger partial charge is 0.136 e. The van der Waals surface area contributed by atoms with Crippen LogP contribution in [0.2, 0.25) is 0 Å². The molecule has 98 valence electrons. The summed E-state index contributed by atoms with van der Waals surface area (Å²) in [5, 5.41) is 10.0. The molecule has 1 aromatic rings. The molecule has 0 radical (unpaired) electrons. The maximum Gasteiger partial charge on any atom is 0.136 e. The molecule has 5 heteroatoms. The molecule has 0 saturated carbocycles.